The summed E-state index contributed by atoms with van der Waals surface area (Å²) in [4.78, 5) is 9.24. The van der Waals surface area contributed by atoms with Gasteiger partial charge in [0.25, 0.3) is 0 Å². The zero-order chi connectivity index (χ0) is 21.1. The van der Waals surface area contributed by atoms with Crippen molar-refractivity contribution >= 4 is 23.0 Å². The number of aryl methyl sites for hydroxylation is 4. The van der Waals surface area contributed by atoms with Gasteiger partial charge in [0.2, 0.25) is 0 Å². The molecule has 4 nitrogen and oxygen atoms in total. The molecule has 30 heavy (non-hydrogen) atoms. The van der Waals surface area contributed by atoms with Crippen LogP contribution in [0.1, 0.15) is 22.5 Å². The molecular weight excluding hydrogens is 368 g/mol. The molecule has 4 heteroatoms. The molecule has 2 heterocycles. The third kappa shape index (κ3) is 4.18. The average molecular weight is 395 g/mol. The summed E-state index contributed by atoms with van der Waals surface area (Å²) in [6.45, 7) is 8.29. The highest BCUT2D eigenvalue weighted by molar-refractivity contribution is 5.92. The molecule has 0 atom stereocenters. The predicted molar refractivity (Wildman–Crippen MR) is 126 cm³/mol. The lowest BCUT2D eigenvalue weighted by atomic mass is 9.93. The van der Waals surface area contributed by atoms with Gasteiger partial charge in [-0.3, -0.25) is 0 Å². The van der Waals surface area contributed by atoms with Crippen molar-refractivity contribution in [3.8, 4) is 11.1 Å². The molecular formula is C26H26N4. The van der Waals surface area contributed by atoms with Crippen LogP contribution >= 0.6 is 0 Å². The molecule has 2 aromatic heterocycles. The molecule has 0 unspecified atom stereocenters. The van der Waals surface area contributed by atoms with E-state index in [-0.39, 0.29) is 0 Å². The highest BCUT2D eigenvalue weighted by atomic mass is 15.0. The monoisotopic (exact) mass is 394 g/mol. The maximum Gasteiger partial charge on any atom is 0.130 e. The maximum atomic E-state index is 4.62. The highest BCUT2D eigenvalue weighted by Crippen LogP contribution is 2.40. The van der Waals surface area contributed by atoms with E-state index in [2.05, 4.69) is 70.8 Å². The van der Waals surface area contributed by atoms with Crippen LogP contribution in [0.15, 0.2) is 72.8 Å². The zero-order valence-electron chi connectivity index (χ0n) is 17.8. The van der Waals surface area contributed by atoms with E-state index in [1.165, 1.54) is 11.1 Å². The molecule has 0 spiro atoms. The van der Waals surface area contributed by atoms with Gasteiger partial charge in [-0.25, -0.2) is 9.97 Å². The first-order valence-electron chi connectivity index (χ1n) is 10.1. The quantitative estimate of drug-likeness (QED) is 0.388. The van der Waals surface area contributed by atoms with Crippen LogP contribution in [0.4, 0.5) is 23.0 Å². The molecule has 0 radical (unpaired) electrons. The van der Waals surface area contributed by atoms with Gasteiger partial charge in [0.15, 0.2) is 0 Å². The molecule has 0 aliphatic carbocycles. The minimum absolute atomic E-state index is 0.838. The lowest BCUT2D eigenvalue weighted by Gasteiger charge is -2.20. The third-order valence-corrected chi connectivity index (χ3v) is 5.10. The van der Waals surface area contributed by atoms with E-state index in [0.29, 0.717) is 0 Å². The Morgan fingerprint density at radius 1 is 0.500 bits per heavy atom. The van der Waals surface area contributed by atoms with Crippen molar-refractivity contribution in [1.82, 2.24) is 9.97 Å². The summed E-state index contributed by atoms with van der Waals surface area (Å²) >= 11 is 0. The summed E-state index contributed by atoms with van der Waals surface area (Å²) in [5.41, 5.74) is 8.74. The molecule has 4 aromatic rings. The smallest absolute Gasteiger partial charge is 0.130 e. The van der Waals surface area contributed by atoms with Crippen LogP contribution in [-0.2, 0) is 0 Å². The van der Waals surface area contributed by atoms with E-state index < -0.39 is 0 Å². The molecule has 0 aliphatic heterocycles. The Hall–Kier alpha value is -3.66. The Morgan fingerprint density at radius 2 is 0.900 bits per heavy atom. The maximum absolute atomic E-state index is 4.62. The lowest BCUT2D eigenvalue weighted by molar-refractivity contribution is 1.19. The Kier molecular flexibility index (Phi) is 5.48. The SMILES string of the molecule is Cc1cccc(Nc2cccc(C)c2-c2c(C)cccc2Nc2cccc(C)n2)n1. The van der Waals surface area contributed by atoms with Gasteiger partial charge in [-0.1, -0.05) is 36.4 Å². The number of benzene rings is 2. The van der Waals surface area contributed by atoms with E-state index in [1.807, 2.05) is 50.2 Å². The second-order valence-corrected chi connectivity index (χ2v) is 7.57. The minimum atomic E-state index is 0.838. The summed E-state index contributed by atoms with van der Waals surface area (Å²) in [5.74, 6) is 1.68. The van der Waals surface area contributed by atoms with E-state index in [9.17, 15) is 0 Å². The second kappa shape index (κ2) is 8.37. The predicted octanol–water partition coefficient (Wildman–Crippen LogP) is 6.86. The van der Waals surface area contributed by atoms with Crippen molar-refractivity contribution in [3.05, 3.63) is 95.3 Å². The van der Waals surface area contributed by atoms with Crippen molar-refractivity contribution in [3.63, 3.8) is 0 Å². The fraction of sp³-hybridized carbons (Fsp3) is 0.154. The molecule has 0 amide bonds. The summed E-state index contributed by atoms with van der Waals surface area (Å²) in [6.07, 6.45) is 0. The first kappa shape index (κ1) is 19.6. The number of aromatic nitrogens is 2. The largest absolute Gasteiger partial charge is 0.340 e. The number of rotatable bonds is 5. The van der Waals surface area contributed by atoms with Gasteiger partial charge >= 0.3 is 0 Å². The summed E-state index contributed by atoms with van der Waals surface area (Å²) in [6, 6.07) is 24.7. The fourth-order valence-corrected chi connectivity index (χ4v) is 3.71. The van der Waals surface area contributed by atoms with Crippen molar-refractivity contribution in [2.75, 3.05) is 10.6 Å². The topological polar surface area (TPSA) is 49.8 Å². The molecule has 2 N–H and O–H groups in total. The molecule has 0 bridgehead atoms. The standard InChI is InChI=1S/C26H26N4/c1-17-9-5-13-21(29-23-15-7-11-19(3)27-23)25(17)26-18(2)10-6-14-22(26)30-24-16-8-12-20(4)28-24/h5-16H,1-4H3,(H,27,29)(H,28,30). The Balaban J connectivity index is 1.82. The average Bonchev–Trinajstić information content (AvgIpc) is 2.70. The first-order chi connectivity index (χ1) is 14.5. The zero-order valence-corrected chi connectivity index (χ0v) is 17.8. The molecule has 0 saturated heterocycles. The van der Waals surface area contributed by atoms with Gasteiger partial charge in [0, 0.05) is 33.9 Å². The minimum Gasteiger partial charge on any atom is -0.340 e. The number of hydrogen-bond acceptors (Lipinski definition) is 4. The first-order valence-corrected chi connectivity index (χ1v) is 10.1. The summed E-state index contributed by atoms with van der Waals surface area (Å²) in [7, 11) is 0. The second-order valence-electron chi connectivity index (χ2n) is 7.57. The summed E-state index contributed by atoms with van der Waals surface area (Å²) < 4.78 is 0. The van der Waals surface area contributed by atoms with E-state index >= 15 is 0 Å². The van der Waals surface area contributed by atoms with Gasteiger partial charge in [-0.15, -0.1) is 0 Å². The molecule has 2 aromatic carbocycles. The van der Waals surface area contributed by atoms with Crippen LogP contribution in [0.2, 0.25) is 0 Å². The Bertz CT molecular complexity index is 1100. The fourth-order valence-electron chi connectivity index (χ4n) is 3.71. The molecule has 150 valence electrons. The van der Waals surface area contributed by atoms with E-state index in [1.54, 1.807) is 0 Å². The number of nitrogens with one attached hydrogen (secondary N) is 2. The Morgan fingerprint density at radius 3 is 1.30 bits per heavy atom. The summed E-state index contributed by atoms with van der Waals surface area (Å²) in [5, 5.41) is 7.05. The van der Waals surface area contributed by atoms with Crippen LogP contribution < -0.4 is 10.6 Å². The number of anilines is 4. The third-order valence-electron chi connectivity index (χ3n) is 5.10. The number of pyridine rings is 2. The van der Waals surface area contributed by atoms with Gasteiger partial charge in [-0.2, -0.15) is 0 Å². The van der Waals surface area contributed by atoms with Gasteiger partial charge in [-0.05, 0) is 75.2 Å². The molecule has 0 saturated carbocycles. The molecule has 0 aliphatic rings. The normalized spacial score (nSPS) is 10.7. The van der Waals surface area contributed by atoms with Crippen molar-refractivity contribution < 1.29 is 0 Å². The number of nitrogens with zero attached hydrogens (tertiary/aromatic N) is 2. The Labute approximate surface area is 178 Å². The van der Waals surface area contributed by atoms with Crippen LogP contribution in [0.25, 0.3) is 11.1 Å². The lowest BCUT2D eigenvalue weighted by Crippen LogP contribution is -2.02. The van der Waals surface area contributed by atoms with E-state index in [4.69, 9.17) is 0 Å². The van der Waals surface area contributed by atoms with E-state index in [0.717, 1.165) is 45.5 Å². The van der Waals surface area contributed by atoms with Gasteiger partial charge in [0.05, 0.1) is 0 Å². The van der Waals surface area contributed by atoms with Crippen LogP contribution in [0, 0.1) is 27.7 Å². The van der Waals surface area contributed by atoms with Gasteiger partial charge in [0.1, 0.15) is 11.6 Å². The van der Waals surface area contributed by atoms with Crippen LogP contribution in [0.5, 0.6) is 0 Å². The van der Waals surface area contributed by atoms with Crippen molar-refractivity contribution in [1.29, 1.82) is 0 Å². The van der Waals surface area contributed by atoms with Gasteiger partial charge < -0.3 is 10.6 Å². The number of hydrogen-bond donors (Lipinski definition) is 2. The van der Waals surface area contributed by atoms with Crippen LogP contribution in [-0.4, -0.2) is 9.97 Å². The van der Waals surface area contributed by atoms with Crippen molar-refractivity contribution in [2.45, 2.75) is 27.7 Å². The molecule has 0 fully saturated rings. The highest BCUT2D eigenvalue weighted by Gasteiger charge is 2.16. The van der Waals surface area contributed by atoms with Crippen molar-refractivity contribution in [2.24, 2.45) is 0 Å². The van der Waals surface area contributed by atoms with Crippen LogP contribution in [0.3, 0.4) is 0 Å². The molecule has 4 rings (SSSR count).